The third-order valence-electron chi connectivity index (χ3n) is 5.51. The van der Waals surface area contributed by atoms with Gasteiger partial charge in [0, 0.05) is 11.1 Å². The third kappa shape index (κ3) is 4.64. The molecule has 0 spiro atoms. The molecule has 0 atom stereocenters. The number of furan rings is 1. The number of benzene rings is 3. The highest BCUT2D eigenvalue weighted by Crippen LogP contribution is 2.28. The predicted octanol–water partition coefficient (Wildman–Crippen LogP) is 5.56. The summed E-state index contributed by atoms with van der Waals surface area (Å²) < 4.78 is 38.9. The average Bonchev–Trinajstić information content (AvgIpc) is 3.44. The fourth-order valence-corrected chi connectivity index (χ4v) is 4.83. The van der Waals surface area contributed by atoms with Gasteiger partial charge in [0.1, 0.15) is 11.4 Å². The molecule has 0 saturated carbocycles. The molecular formula is C27H21N3O5S. The molecule has 36 heavy (non-hydrogen) atoms. The van der Waals surface area contributed by atoms with Gasteiger partial charge in [-0.1, -0.05) is 30.3 Å². The van der Waals surface area contributed by atoms with Crippen LogP contribution in [0.3, 0.4) is 0 Å². The minimum absolute atomic E-state index is 0.0425. The number of rotatable bonds is 7. The lowest BCUT2D eigenvalue weighted by Gasteiger charge is -2.12. The van der Waals surface area contributed by atoms with Crippen molar-refractivity contribution in [1.82, 2.24) is 4.98 Å². The normalized spacial score (nSPS) is 11.2. The van der Waals surface area contributed by atoms with Crippen LogP contribution in [0.25, 0.3) is 22.4 Å². The van der Waals surface area contributed by atoms with Gasteiger partial charge in [-0.15, -0.1) is 0 Å². The smallest absolute Gasteiger partial charge is 0.262 e. The zero-order valence-electron chi connectivity index (χ0n) is 19.1. The molecule has 0 radical (unpaired) electrons. The molecule has 8 nitrogen and oxygen atoms in total. The number of hydrogen-bond acceptors (Lipinski definition) is 6. The van der Waals surface area contributed by atoms with Crippen molar-refractivity contribution in [1.29, 1.82) is 0 Å². The van der Waals surface area contributed by atoms with Gasteiger partial charge in [-0.05, 0) is 60.7 Å². The Hall–Kier alpha value is -4.63. The number of anilines is 2. The molecule has 0 aliphatic carbocycles. The number of sulfonamides is 1. The first-order valence-corrected chi connectivity index (χ1v) is 12.4. The van der Waals surface area contributed by atoms with E-state index in [9.17, 15) is 13.2 Å². The van der Waals surface area contributed by atoms with Gasteiger partial charge in [0.05, 0.1) is 35.0 Å². The fraction of sp³-hybridized carbons (Fsp3) is 0.0370. The van der Waals surface area contributed by atoms with E-state index in [1.807, 2.05) is 24.3 Å². The molecule has 180 valence electrons. The van der Waals surface area contributed by atoms with Gasteiger partial charge in [0.25, 0.3) is 15.9 Å². The Bertz CT molecular complexity index is 1650. The second-order valence-electron chi connectivity index (χ2n) is 7.83. The molecule has 9 heteroatoms. The molecule has 3 aromatic carbocycles. The van der Waals surface area contributed by atoms with Crippen molar-refractivity contribution < 1.29 is 22.4 Å². The van der Waals surface area contributed by atoms with Crippen molar-refractivity contribution in [2.24, 2.45) is 0 Å². The van der Waals surface area contributed by atoms with E-state index in [-0.39, 0.29) is 10.8 Å². The van der Waals surface area contributed by atoms with Crippen LogP contribution >= 0.6 is 0 Å². The highest BCUT2D eigenvalue weighted by molar-refractivity contribution is 7.92. The number of amides is 1. The monoisotopic (exact) mass is 499 g/mol. The fourth-order valence-electron chi connectivity index (χ4n) is 3.76. The summed E-state index contributed by atoms with van der Waals surface area (Å²) in [4.78, 5) is 17.9. The maximum Gasteiger partial charge on any atom is 0.262 e. The highest BCUT2D eigenvalue weighted by atomic mass is 32.2. The number of methoxy groups -OCH3 is 1. The quantitative estimate of drug-likeness (QED) is 0.303. The predicted molar refractivity (Wildman–Crippen MR) is 138 cm³/mol. The van der Waals surface area contributed by atoms with E-state index < -0.39 is 10.0 Å². The summed E-state index contributed by atoms with van der Waals surface area (Å²) in [5, 5.41) is 3.52. The van der Waals surface area contributed by atoms with Gasteiger partial charge < -0.3 is 14.5 Å². The van der Waals surface area contributed by atoms with E-state index in [0.29, 0.717) is 45.0 Å². The number of aromatic nitrogens is 1. The third-order valence-corrected chi connectivity index (χ3v) is 6.89. The summed E-state index contributed by atoms with van der Waals surface area (Å²) in [5.74, 6) is 0.597. The maximum atomic E-state index is 13.2. The molecule has 2 N–H and O–H groups in total. The molecule has 2 aromatic heterocycles. The van der Waals surface area contributed by atoms with E-state index >= 15 is 0 Å². The van der Waals surface area contributed by atoms with Crippen LogP contribution in [0, 0.1) is 0 Å². The van der Waals surface area contributed by atoms with Gasteiger partial charge >= 0.3 is 0 Å². The summed E-state index contributed by atoms with van der Waals surface area (Å²) in [6.07, 6.45) is 1.55. The number of fused-ring (bicyclic) bond motifs is 1. The molecular weight excluding hydrogens is 478 g/mol. The van der Waals surface area contributed by atoms with Gasteiger partial charge in [-0.2, -0.15) is 0 Å². The van der Waals surface area contributed by atoms with Crippen molar-refractivity contribution in [3.05, 3.63) is 103 Å². The molecule has 0 unspecified atom stereocenters. The molecule has 0 aliphatic rings. The Morgan fingerprint density at radius 2 is 1.67 bits per heavy atom. The molecule has 2 heterocycles. The first kappa shape index (κ1) is 23.1. The van der Waals surface area contributed by atoms with E-state index in [1.165, 1.54) is 31.4 Å². The maximum absolute atomic E-state index is 13.2. The lowest BCUT2D eigenvalue weighted by molar-refractivity contribution is 0.102. The molecule has 0 bridgehead atoms. The SMILES string of the molecule is COc1ccccc1NS(=O)(=O)c1ccc(NC(=O)c2cc(-c3ccco3)nc3ccccc23)cc1. The topological polar surface area (TPSA) is 111 Å². The van der Waals surface area contributed by atoms with Gasteiger partial charge in [-0.25, -0.2) is 13.4 Å². The second-order valence-corrected chi connectivity index (χ2v) is 9.52. The summed E-state index contributed by atoms with van der Waals surface area (Å²) in [6.45, 7) is 0. The number of pyridine rings is 1. The summed E-state index contributed by atoms with van der Waals surface area (Å²) in [5.41, 5.74) is 2.38. The van der Waals surface area contributed by atoms with Crippen LogP contribution in [-0.4, -0.2) is 26.4 Å². The van der Waals surface area contributed by atoms with Crippen LogP contribution in [0.5, 0.6) is 5.75 Å². The van der Waals surface area contributed by atoms with Crippen LogP contribution in [0.1, 0.15) is 10.4 Å². The molecule has 0 aliphatic heterocycles. The number of nitrogens with one attached hydrogen (secondary N) is 2. The van der Waals surface area contributed by atoms with Gasteiger partial charge in [-0.3, -0.25) is 9.52 Å². The van der Waals surface area contributed by atoms with Crippen molar-refractivity contribution in [2.45, 2.75) is 4.90 Å². The Kier molecular flexibility index (Phi) is 6.14. The lowest BCUT2D eigenvalue weighted by atomic mass is 10.1. The molecule has 0 fully saturated rings. The summed E-state index contributed by atoms with van der Waals surface area (Å²) in [7, 11) is -2.40. The molecule has 5 rings (SSSR count). The van der Waals surface area contributed by atoms with Crippen LogP contribution in [0.15, 0.2) is 107 Å². The number of para-hydroxylation sites is 3. The zero-order chi connectivity index (χ0) is 25.1. The zero-order valence-corrected chi connectivity index (χ0v) is 20.0. The van der Waals surface area contributed by atoms with E-state index in [0.717, 1.165) is 0 Å². The average molecular weight is 500 g/mol. The van der Waals surface area contributed by atoms with E-state index in [1.54, 1.807) is 48.7 Å². The first-order valence-electron chi connectivity index (χ1n) is 11.0. The number of carbonyl (C=O) groups is 1. The standard InChI is InChI=1S/C27H21N3O5S/c1-34-25-10-5-4-9-23(25)30-36(32,33)19-14-12-18(13-15-19)28-27(31)21-17-24(26-11-6-16-35-26)29-22-8-3-2-7-20(21)22/h2-17,30H,1H3,(H,28,31). The summed E-state index contributed by atoms with van der Waals surface area (Å²) >= 11 is 0. The number of ether oxygens (including phenoxy) is 1. The Balaban J connectivity index is 1.40. The summed E-state index contributed by atoms with van der Waals surface area (Å²) in [6, 6.07) is 25.2. The first-order chi connectivity index (χ1) is 17.4. The van der Waals surface area contributed by atoms with Crippen LogP contribution in [-0.2, 0) is 10.0 Å². The Morgan fingerprint density at radius 1 is 0.917 bits per heavy atom. The number of nitrogens with zero attached hydrogens (tertiary/aromatic N) is 1. The number of hydrogen-bond donors (Lipinski definition) is 2. The minimum atomic E-state index is -3.86. The van der Waals surface area contributed by atoms with Gasteiger partial charge in [0.2, 0.25) is 0 Å². The second kappa shape index (κ2) is 9.55. The Morgan fingerprint density at radius 3 is 2.42 bits per heavy atom. The van der Waals surface area contributed by atoms with Crippen LogP contribution in [0.2, 0.25) is 0 Å². The Labute approximate surface area is 207 Å². The minimum Gasteiger partial charge on any atom is -0.495 e. The van der Waals surface area contributed by atoms with Crippen molar-refractivity contribution in [3.8, 4) is 17.2 Å². The largest absolute Gasteiger partial charge is 0.495 e. The van der Waals surface area contributed by atoms with Gasteiger partial charge in [0.15, 0.2) is 5.76 Å². The lowest BCUT2D eigenvalue weighted by Crippen LogP contribution is -2.15. The molecule has 5 aromatic rings. The number of carbonyl (C=O) groups excluding carboxylic acids is 1. The van der Waals surface area contributed by atoms with Crippen molar-refractivity contribution in [3.63, 3.8) is 0 Å². The van der Waals surface area contributed by atoms with Crippen LogP contribution < -0.4 is 14.8 Å². The van der Waals surface area contributed by atoms with Crippen molar-refractivity contribution >= 4 is 38.2 Å². The highest BCUT2D eigenvalue weighted by Gasteiger charge is 2.18. The van der Waals surface area contributed by atoms with Crippen LogP contribution in [0.4, 0.5) is 11.4 Å². The van der Waals surface area contributed by atoms with E-state index in [2.05, 4.69) is 15.0 Å². The molecule has 1 amide bonds. The van der Waals surface area contributed by atoms with E-state index in [4.69, 9.17) is 9.15 Å². The van der Waals surface area contributed by atoms with Crippen molar-refractivity contribution in [2.75, 3.05) is 17.1 Å². The molecule has 0 saturated heterocycles.